The molecule has 4 rings (SSSR count). The van der Waals surface area contributed by atoms with Crippen molar-refractivity contribution in [1.29, 1.82) is 0 Å². The van der Waals surface area contributed by atoms with Gasteiger partial charge in [0.15, 0.2) is 5.82 Å². The molecule has 1 aromatic heterocycles. The zero-order chi connectivity index (χ0) is 18.1. The summed E-state index contributed by atoms with van der Waals surface area (Å²) in [5.74, 6) is 2.80. The van der Waals surface area contributed by atoms with Gasteiger partial charge < -0.3 is 9.64 Å². The van der Waals surface area contributed by atoms with Gasteiger partial charge in [0.05, 0.1) is 12.9 Å². The molecule has 2 unspecified atom stereocenters. The molecule has 0 radical (unpaired) electrons. The van der Waals surface area contributed by atoms with Gasteiger partial charge in [0.25, 0.3) is 0 Å². The molecule has 138 valence electrons. The van der Waals surface area contributed by atoms with Crippen molar-refractivity contribution < 1.29 is 9.53 Å². The standard InChI is InChI=1S/C19H23ClN4O2/c1-26-16-8-2-12(3-9-16)18-21-19(23-22-18)13-10-17(25)24(11-13)15-6-4-14(20)5-7-15/h2,4,8,13,15H,3,5-7,9-11H2,1H3,(H,21,22,23). The molecule has 1 N–H and O–H groups in total. The van der Waals surface area contributed by atoms with Crippen LogP contribution >= 0.6 is 11.6 Å². The minimum Gasteiger partial charge on any atom is -0.501 e. The molecule has 0 saturated carbocycles. The van der Waals surface area contributed by atoms with Gasteiger partial charge in [0, 0.05) is 36.4 Å². The molecule has 1 saturated heterocycles. The molecule has 1 aromatic rings. The van der Waals surface area contributed by atoms with Crippen LogP contribution in [0.3, 0.4) is 0 Å². The Balaban J connectivity index is 1.45. The summed E-state index contributed by atoms with van der Waals surface area (Å²) < 4.78 is 5.26. The van der Waals surface area contributed by atoms with Crippen molar-refractivity contribution in [1.82, 2.24) is 20.1 Å². The highest BCUT2D eigenvalue weighted by atomic mass is 35.5. The third-order valence-corrected chi connectivity index (χ3v) is 5.82. The first-order chi connectivity index (χ1) is 12.6. The molecular formula is C19H23ClN4O2. The van der Waals surface area contributed by atoms with Crippen molar-refractivity contribution in [2.24, 2.45) is 0 Å². The predicted octanol–water partition coefficient (Wildman–Crippen LogP) is 3.50. The minimum atomic E-state index is 0.0828. The number of aromatic amines is 1. The van der Waals surface area contributed by atoms with E-state index in [2.05, 4.69) is 15.2 Å². The minimum absolute atomic E-state index is 0.0828. The van der Waals surface area contributed by atoms with Gasteiger partial charge in [-0.15, -0.1) is 0 Å². The first-order valence-corrected chi connectivity index (χ1v) is 9.52. The van der Waals surface area contributed by atoms with Gasteiger partial charge in [0.2, 0.25) is 5.91 Å². The highest BCUT2D eigenvalue weighted by molar-refractivity contribution is 6.29. The fourth-order valence-electron chi connectivity index (χ4n) is 3.91. The second-order valence-corrected chi connectivity index (χ2v) is 7.59. The molecule has 26 heavy (non-hydrogen) atoms. The zero-order valence-electron chi connectivity index (χ0n) is 14.9. The van der Waals surface area contributed by atoms with Crippen molar-refractivity contribution in [2.75, 3.05) is 13.7 Å². The third-order valence-electron chi connectivity index (χ3n) is 5.48. The number of carbonyl (C=O) groups excluding carboxylic acids is 1. The van der Waals surface area contributed by atoms with Gasteiger partial charge >= 0.3 is 0 Å². The van der Waals surface area contributed by atoms with E-state index in [1.807, 2.05) is 23.1 Å². The number of ether oxygens (including phenoxy) is 1. The number of hydrogen-bond acceptors (Lipinski definition) is 4. The van der Waals surface area contributed by atoms with Crippen molar-refractivity contribution in [3.05, 3.63) is 40.7 Å². The van der Waals surface area contributed by atoms with Gasteiger partial charge in [-0.2, -0.15) is 5.10 Å². The molecule has 7 heteroatoms. The van der Waals surface area contributed by atoms with E-state index >= 15 is 0 Å². The molecule has 2 heterocycles. The summed E-state index contributed by atoms with van der Waals surface area (Å²) in [7, 11) is 1.69. The molecule has 0 spiro atoms. The number of hydrogen-bond donors (Lipinski definition) is 1. The Bertz CT molecular complexity index is 795. The molecule has 1 fully saturated rings. The van der Waals surface area contributed by atoms with Crippen molar-refractivity contribution in [2.45, 2.75) is 50.5 Å². The van der Waals surface area contributed by atoms with Crippen LogP contribution in [0.5, 0.6) is 0 Å². The average molecular weight is 375 g/mol. The molecule has 2 atom stereocenters. The Morgan fingerprint density at radius 1 is 1.31 bits per heavy atom. The molecule has 1 amide bonds. The van der Waals surface area contributed by atoms with Crippen LogP contribution in [-0.2, 0) is 9.53 Å². The first-order valence-electron chi connectivity index (χ1n) is 9.14. The number of likely N-dealkylation sites (tertiary alicyclic amines) is 1. The molecule has 6 nitrogen and oxygen atoms in total. The van der Waals surface area contributed by atoms with Crippen LogP contribution < -0.4 is 0 Å². The third kappa shape index (κ3) is 3.43. The largest absolute Gasteiger partial charge is 0.501 e. The predicted molar refractivity (Wildman–Crippen MR) is 99.3 cm³/mol. The summed E-state index contributed by atoms with van der Waals surface area (Å²) in [5.41, 5.74) is 1.10. The lowest BCUT2D eigenvalue weighted by Crippen LogP contribution is -2.37. The normalized spacial score (nSPS) is 26.5. The number of carbonyl (C=O) groups is 1. The Hall–Kier alpha value is -2.08. The van der Waals surface area contributed by atoms with Crippen molar-refractivity contribution >= 4 is 23.1 Å². The SMILES string of the molecule is COC1=CC=C(c2n[nH]c(C3CC(=O)N(C4CC=C(Cl)CC4)C3)n2)CC1. The van der Waals surface area contributed by atoms with Gasteiger partial charge in [-0.05, 0) is 37.3 Å². The number of methoxy groups -OCH3 is 1. The molecule has 1 aliphatic heterocycles. The summed E-state index contributed by atoms with van der Waals surface area (Å²) in [4.78, 5) is 19.2. The summed E-state index contributed by atoms with van der Waals surface area (Å²) in [6.45, 7) is 0.705. The van der Waals surface area contributed by atoms with E-state index in [4.69, 9.17) is 16.3 Å². The van der Waals surface area contributed by atoms with Crippen LogP contribution in [0.25, 0.3) is 5.57 Å². The monoisotopic (exact) mass is 374 g/mol. The average Bonchev–Trinajstić information content (AvgIpc) is 3.29. The quantitative estimate of drug-likeness (QED) is 0.875. The Morgan fingerprint density at radius 2 is 2.19 bits per heavy atom. The van der Waals surface area contributed by atoms with Crippen LogP contribution in [0, 0.1) is 0 Å². The van der Waals surface area contributed by atoms with Gasteiger partial charge in [-0.25, -0.2) is 4.98 Å². The van der Waals surface area contributed by atoms with E-state index < -0.39 is 0 Å². The topological polar surface area (TPSA) is 71.1 Å². The van der Waals surface area contributed by atoms with Gasteiger partial charge in [-0.3, -0.25) is 9.89 Å². The summed E-state index contributed by atoms with van der Waals surface area (Å²) in [5, 5.41) is 8.34. The summed E-state index contributed by atoms with van der Waals surface area (Å²) in [6.07, 6.45) is 10.9. The van der Waals surface area contributed by atoms with E-state index in [0.717, 1.165) is 60.1 Å². The van der Waals surface area contributed by atoms with E-state index in [9.17, 15) is 4.79 Å². The zero-order valence-corrected chi connectivity index (χ0v) is 15.6. The number of aromatic nitrogens is 3. The highest BCUT2D eigenvalue weighted by Crippen LogP contribution is 2.33. The number of nitrogens with one attached hydrogen (secondary N) is 1. The van der Waals surface area contributed by atoms with Crippen LogP contribution in [0.1, 0.15) is 56.1 Å². The van der Waals surface area contributed by atoms with Gasteiger partial charge in [-0.1, -0.05) is 23.8 Å². The summed E-state index contributed by atoms with van der Waals surface area (Å²) >= 11 is 6.06. The van der Waals surface area contributed by atoms with Crippen molar-refractivity contribution in [3.8, 4) is 0 Å². The smallest absolute Gasteiger partial charge is 0.223 e. The maximum Gasteiger partial charge on any atom is 0.223 e. The number of H-pyrrole nitrogens is 1. The van der Waals surface area contributed by atoms with E-state index in [-0.39, 0.29) is 17.9 Å². The molecule has 0 aromatic carbocycles. The fraction of sp³-hybridized carbons (Fsp3) is 0.526. The van der Waals surface area contributed by atoms with Crippen LogP contribution in [0.15, 0.2) is 29.0 Å². The molecule has 0 bridgehead atoms. The van der Waals surface area contributed by atoms with Crippen LogP contribution in [0.2, 0.25) is 0 Å². The maximum absolute atomic E-state index is 12.5. The Morgan fingerprint density at radius 3 is 2.88 bits per heavy atom. The Kier molecular flexibility index (Phi) is 4.85. The highest BCUT2D eigenvalue weighted by Gasteiger charge is 2.37. The number of allylic oxidation sites excluding steroid dienone is 5. The van der Waals surface area contributed by atoms with Crippen LogP contribution in [-0.4, -0.2) is 45.7 Å². The van der Waals surface area contributed by atoms with E-state index in [1.165, 1.54) is 0 Å². The van der Waals surface area contributed by atoms with Gasteiger partial charge in [0.1, 0.15) is 5.82 Å². The first kappa shape index (κ1) is 17.3. The Labute approximate surface area is 158 Å². The molecular weight excluding hydrogens is 352 g/mol. The van der Waals surface area contributed by atoms with E-state index in [0.29, 0.717) is 13.0 Å². The molecule has 2 aliphatic carbocycles. The second kappa shape index (κ2) is 7.27. The molecule has 3 aliphatic rings. The number of amides is 1. The lowest BCUT2D eigenvalue weighted by Gasteiger charge is -2.29. The fourth-order valence-corrected chi connectivity index (χ4v) is 4.11. The maximum atomic E-state index is 12.5. The number of nitrogens with zero attached hydrogens (tertiary/aromatic N) is 3. The number of rotatable bonds is 4. The lowest BCUT2D eigenvalue weighted by molar-refractivity contribution is -0.129. The lowest BCUT2D eigenvalue weighted by atomic mass is 10.0. The van der Waals surface area contributed by atoms with Crippen LogP contribution in [0.4, 0.5) is 0 Å². The second-order valence-electron chi connectivity index (χ2n) is 7.10. The summed E-state index contributed by atoms with van der Waals surface area (Å²) in [6, 6.07) is 0.260. The van der Waals surface area contributed by atoms with E-state index in [1.54, 1.807) is 7.11 Å². The van der Waals surface area contributed by atoms with Crippen molar-refractivity contribution in [3.63, 3.8) is 0 Å². The number of halogens is 1.